The summed E-state index contributed by atoms with van der Waals surface area (Å²) >= 11 is 0. The first-order valence-corrected chi connectivity index (χ1v) is 7.93. The summed E-state index contributed by atoms with van der Waals surface area (Å²) in [4.78, 5) is 28.1. The van der Waals surface area contributed by atoms with E-state index in [9.17, 15) is 18.4 Å². The van der Waals surface area contributed by atoms with Crippen LogP contribution in [0.2, 0.25) is 0 Å². The van der Waals surface area contributed by atoms with Crippen molar-refractivity contribution in [3.63, 3.8) is 0 Å². The fraction of sp³-hybridized carbons (Fsp3) is 0.353. The molecule has 8 heteroatoms. The van der Waals surface area contributed by atoms with Crippen LogP contribution in [-0.2, 0) is 23.1 Å². The van der Waals surface area contributed by atoms with Crippen molar-refractivity contribution in [1.29, 1.82) is 0 Å². The van der Waals surface area contributed by atoms with Gasteiger partial charge < -0.3 is 15.2 Å². The van der Waals surface area contributed by atoms with Crippen molar-refractivity contribution < 1.29 is 18.4 Å². The van der Waals surface area contributed by atoms with E-state index in [0.29, 0.717) is 18.4 Å². The molecule has 1 aliphatic rings. The molecule has 2 heterocycles. The molecular formula is C17H18F2N4O2. The summed E-state index contributed by atoms with van der Waals surface area (Å²) in [6.07, 6.45) is 4.00. The van der Waals surface area contributed by atoms with E-state index >= 15 is 0 Å². The number of piperidine rings is 1. The Labute approximate surface area is 143 Å². The van der Waals surface area contributed by atoms with Crippen molar-refractivity contribution in [2.75, 3.05) is 0 Å². The van der Waals surface area contributed by atoms with E-state index in [1.807, 2.05) is 7.05 Å². The Morgan fingerprint density at radius 2 is 2.20 bits per heavy atom. The number of benzene rings is 1. The van der Waals surface area contributed by atoms with Crippen LogP contribution in [0, 0.1) is 11.6 Å². The van der Waals surface area contributed by atoms with Crippen molar-refractivity contribution in [1.82, 2.24) is 20.2 Å². The van der Waals surface area contributed by atoms with E-state index in [4.69, 9.17) is 0 Å². The zero-order chi connectivity index (χ0) is 18.0. The van der Waals surface area contributed by atoms with Gasteiger partial charge in [-0.2, -0.15) is 0 Å². The Morgan fingerprint density at radius 3 is 2.88 bits per heavy atom. The van der Waals surface area contributed by atoms with Crippen molar-refractivity contribution >= 4 is 11.8 Å². The van der Waals surface area contributed by atoms with Crippen molar-refractivity contribution in [3.8, 4) is 0 Å². The smallest absolute Gasteiger partial charge is 0.224 e. The second-order valence-electron chi connectivity index (χ2n) is 6.11. The molecule has 1 aliphatic heterocycles. The maximum absolute atomic E-state index is 13.3. The molecule has 132 valence electrons. The molecule has 3 rings (SSSR count). The zero-order valence-corrected chi connectivity index (χ0v) is 13.6. The summed E-state index contributed by atoms with van der Waals surface area (Å²) in [7, 11) is 1.81. The number of carbonyl (C=O) groups is 2. The first-order valence-electron chi connectivity index (χ1n) is 7.93. The second-order valence-corrected chi connectivity index (χ2v) is 6.11. The number of nitrogens with zero attached hydrogens (tertiary/aromatic N) is 2. The number of nitrogens with one attached hydrogen (secondary N) is 2. The highest BCUT2D eigenvalue weighted by Gasteiger charge is 2.32. The molecule has 1 fully saturated rings. The molecule has 0 aliphatic carbocycles. The maximum atomic E-state index is 13.3. The number of hydrogen-bond acceptors (Lipinski definition) is 3. The van der Waals surface area contributed by atoms with E-state index in [-0.39, 0.29) is 30.3 Å². The molecule has 6 nitrogen and oxygen atoms in total. The van der Waals surface area contributed by atoms with Crippen molar-refractivity contribution in [2.24, 2.45) is 7.05 Å². The third kappa shape index (κ3) is 3.84. The minimum absolute atomic E-state index is 0.0697. The van der Waals surface area contributed by atoms with Gasteiger partial charge in [0.15, 0.2) is 11.6 Å². The van der Waals surface area contributed by atoms with Gasteiger partial charge in [0.1, 0.15) is 0 Å². The molecule has 0 spiro atoms. The molecule has 1 aromatic carbocycles. The molecule has 0 unspecified atom stereocenters. The molecule has 1 saturated heterocycles. The molecule has 25 heavy (non-hydrogen) atoms. The predicted octanol–water partition coefficient (Wildman–Crippen LogP) is 1.38. The Kier molecular flexibility index (Phi) is 4.78. The fourth-order valence-corrected chi connectivity index (χ4v) is 2.99. The van der Waals surface area contributed by atoms with E-state index < -0.39 is 11.6 Å². The minimum atomic E-state index is -0.983. The Bertz CT molecular complexity index is 806. The van der Waals surface area contributed by atoms with Gasteiger partial charge in [-0.3, -0.25) is 9.59 Å². The summed E-state index contributed by atoms with van der Waals surface area (Å²) in [6, 6.07) is 2.70. The average Bonchev–Trinajstić information content (AvgIpc) is 2.98. The third-order valence-corrected chi connectivity index (χ3v) is 4.27. The van der Waals surface area contributed by atoms with Crippen molar-refractivity contribution in [3.05, 3.63) is 53.6 Å². The van der Waals surface area contributed by atoms with E-state index in [1.54, 1.807) is 17.1 Å². The summed E-state index contributed by atoms with van der Waals surface area (Å²) in [5.41, 5.74) is 1.17. The molecule has 2 aromatic rings. The Hall–Kier alpha value is -2.77. The fourth-order valence-electron chi connectivity index (χ4n) is 2.99. The normalized spacial score (nSPS) is 20.2. The molecule has 2 amide bonds. The lowest BCUT2D eigenvalue weighted by Crippen LogP contribution is -2.50. The van der Waals surface area contributed by atoms with Gasteiger partial charge >= 0.3 is 0 Å². The molecule has 2 N–H and O–H groups in total. The number of halogens is 2. The van der Waals surface area contributed by atoms with E-state index in [1.165, 1.54) is 6.07 Å². The van der Waals surface area contributed by atoms with Gasteiger partial charge in [0.05, 0.1) is 36.7 Å². The topological polar surface area (TPSA) is 76.0 Å². The summed E-state index contributed by atoms with van der Waals surface area (Å²) in [5.74, 6) is -2.34. The van der Waals surface area contributed by atoms with Crippen LogP contribution in [-0.4, -0.2) is 27.4 Å². The van der Waals surface area contributed by atoms with Gasteiger partial charge in [-0.25, -0.2) is 13.8 Å². The van der Waals surface area contributed by atoms with Gasteiger partial charge in [-0.05, 0) is 24.1 Å². The average molecular weight is 348 g/mol. The number of aromatic nitrogens is 2. The lowest BCUT2D eigenvalue weighted by molar-refractivity contribution is -0.127. The number of imidazole rings is 1. The molecule has 0 saturated carbocycles. The molecular weight excluding hydrogens is 330 g/mol. The van der Waals surface area contributed by atoms with Gasteiger partial charge in [0.2, 0.25) is 11.8 Å². The first kappa shape index (κ1) is 17.1. The van der Waals surface area contributed by atoms with Crippen LogP contribution >= 0.6 is 0 Å². The highest BCUT2D eigenvalue weighted by atomic mass is 19.2. The monoisotopic (exact) mass is 348 g/mol. The molecule has 0 radical (unpaired) electrons. The Morgan fingerprint density at radius 1 is 1.40 bits per heavy atom. The highest BCUT2D eigenvalue weighted by Crippen LogP contribution is 2.24. The van der Waals surface area contributed by atoms with Gasteiger partial charge in [-0.1, -0.05) is 6.07 Å². The number of carbonyl (C=O) groups excluding carboxylic acids is 2. The lowest BCUT2D eigenvalue weighted by atomic mass is 9.95. The molecule has 0 bridgehead atoms. The number of rotatable bonds is 4. The van der Waals surface area contributed by atoms with Crippen LogP contribution in [0.25, 0.3) is 0 Å². The zero-order valence-electron chi connectivity index (χ0n) is 13.6. The third-order valence-electron chi connectivity index (χ3n) is 4.27. The van der Waals surface area contributed by atoms with Crippen LogP contribution in [0.5, 0.6) is 0 Å². The Balaban J connectivity index is 1.70. The first-order chi connectivity index (χ1) is 11.9. The van der Waals surface area contributed by atoms with Crippen molar-refractivity contribution in [2.45, 2.75) is 31.3 Å². The van der Waals surface area contributed by atoms with E-state index in [2.05, 4.69) is 15.6 Å². The van der Waals surface area contributed by atoms with Gasteiger partial charge in [-0.15, -0.1) is 0 Å². The quantitative estimate of drug-likeness (QED) is 0.876. The number of hydrogen-bond donors (Lipinski definition) is 2. The largest absolute Gasteiger partial charge is 0.351 e. The molecule has 2 atom stereocenters. The van der Waals surface area contributed by atoms with Gasteiger partial charge in [0, 0.05) is 13.5 Å². The summed E-state index contributed by atoms with van der Waals surface area (Å²) in [6.45, 7) is 0. The van der Waals surface area contributed by atoms with Crippen LogP contribution in [0.15, 0.2) is 30.7 Å². The number of aryl methyl sites for hydroxylation is 1. The number of amides is 2. The standard InChI is InChI=1S/C17H18F2N4O2/c1-23-9-20-8-14(23)17-13(4-5-15(24)22-17)21-16(25)7-10-2-3-11(18)12(19)6-10/h2-3,6,8-9,13,17H,4-5,7H2,1H3,(H,21,25)(H,22,24)/t13-,17-/m1/s1. The second kappa shape index (κ2) is 7.00. The summed E-state index contributed by atoms with van der Waals surface area (Å²) in [5, 5.41) is 5.75. The van der Waals surface area contributed by atoms with E-state index in [0.717, 1.165) is 17.8 Å². The van der Waals surface area contributed by atoms with Crippen LogP contribution in [0.1, 0.15) is 30.1 Å². The van der Waals surface area contributed by atoms with Crippen LogP contribution in [0.4, 0.5) is 8.78 Å². The summed E-state index contributed by atoms with van der Waals surface area (Å²) < 4.78 is 28.0. The van der Waals surface area contributed by atoms with Crippen LogP contribution < -0.4 is 10.6 Å². The maximum Gasteiger partial charge on any atom is 0.224 e. The minimum Gasteiger partial charge on any atom is -0.351 e. The highest BCUT2D eigenvalue weighted by molar-refractivity contribution is 5.81. The predicted molar refractivity (Wildman–Crippen MR) is 85.3 cm³/mol. The SMILES string of the molecule is Cn1cncc1[C@@H]1NC(=O)CC[C@H]1NC(=O)Cc1ccc(F)c(F)c1. The lowest BCUT2D eigenvalue weighted by Gasteiger charge is -2.33. The molecule has 1 aromatic heterocycles. The van der Waals surface area contributed by atoms with Crippen LogP contribution in [0.3, 0.4) is 0 Å². The van der Waals surface area contributed by atoms with Gasteiger partial charge in [0.25, 0.3) is 0 Å².